The second-order valence-corrected chi connectivity index (χ2v) is 6.39. The smallest absolute Gasteiger partial charge is 0.0527 e. The Morgan fingerprint density at radius 2 is 2.24 bits per heavy atom. The summed E-state index contributed by atoms with van der Waals surface area (Å²) in [6.07, 6.45) is 7.48. The van der Waals surface area contributed by atoms with Gasteiger partial charge >= 0.3 is 0 Å². The topological polar surface area (TPSA) is 49.7 Å². The standard InChI is InChI=1S/C16H25N5/c1-13(2)21-16(6-8-18-21)12-20-9-3-4-14(11-20)10-15-5-7-17-19-15/h5-8,13-14H,3-4,9-12H2,1-2H3,(H,17,19)/t14-/m0/s1. The largest absolute Gasteiger partial charge is 0.297 e. The van der Waals surface area contributed by atoms with Crippen molar-refractivity contribution in [3.63, 3.8) is 0 Å². The van der Waals surface area contributed by atoms with E-state index in [9.17, 15) is 0 Å². The number of nitrogens with zero attached hydrogens (tertiary/aromatic N) is 4. The van der Waals surface area contributed by atoms with E-state index in [0.29, 0.717) is 6.04 Å². The molecule has 1 aliphatic rings. The van der Waals surface area contributed by atoms with Crippen LogP contribution in [-0.4, -0.2) is 38.0 Å². The second kappa shape index (κ2) is 6.43. The van der Waals surface area contributed by atoms with Crippen LogP contribution in [0.5, 0.6) is 0 Å². The van der Waals surface area contributed by atoms with Gasteiger partial charge in [0, 0.05) is 37.2 Å². The predicted octanol–water partition coefficient (Wildman–Crippen LogP) is 2.64. The van der Waals surface area contributed by atoms with Crippen molar-refractivity contribution in [2.45, 2.75) is 45.7 Å². The van der Waals surface area contributed by atoms with Crippen LogP contribution in [0.25, 0.3) is 0 Å². The molecule has 1 fully saturated rings. The lowest BCUT2D eigenvalue weighted by Gasteiger charge is -2.32. The Hall–Kier alpha value is -1.62. The summed E-state index contributed by atoms with van der Waals surface area (Å²) in [6, 6.07) is 4.67. The molecule has 1 atom stereocenters. The van der Waals surface area contributed by atoms with Gasteiger partial charge in [-0.25, -0.2) is 0 Å². The predicted molar refractivity (Wildman–Crippen MR) is 82.9 cm³/mol. The molecular formula is C16H25N5. The van der Waals surface area contributed by atoms with E-state index in [4.69, 9.17) is 0 Å². The van der Waals surface area contributed by atoms with E-state index in [1.807, 2.05) is 12.4 Å². The Morgan fingerprint density at radius 3 is 3.00 bits per heavy atom. The quantitative estimate of drug-likeness (QED) is 0.919. The Kier molecular flexibility index (Phi) is 4.39. The first-order valence-electron chi connectivity index (χ1n) is 7.95. The molecule has 0 radical (unpaired) electrons. The number of hydrogen-bond donors (Lipinski definition) is 1. The first kappa shape index (κ1) is 14.3. The molecule has 1 N–H and O–H groups in total. The van der Waals surface area contributed by atoms with Crippen LogP contribution in [0.2, 0.25) is 0 Å². The lowest BCUT2D eigenvalue weighted by atomic mass is 9.93. The average Bonchev–Trinajstić information content (AvgIpc) is 3.10. The number of nitrogens with one attached hydrogen (secondary N) is 1. The van der Waals surface area contributed by atoms with Gasteiger partial charge in [-0.15, -0.1) is 0 Å². The molecule has 1 aliphatic heterocycles. The van der Waals surface area contributed by atoms with Crippen molar-refractivity contribution >= 4 is 0 Å². The molecule has 114 valence electrons. The van der Waals surface area contributed by atoms with Crippen molar-refractivity contribution < 1.29 is 0 Å². The van der Waals surface area contributed by atoms with Crippen LogP contribution in [-0.2, 0) is 13.0 Å². The zero-order valence-corrected chi connectivity index (χ0v) is 13.0. The number of aromatic amines is 1. The fourth-order valence-corrected chi connectivity index (χ4v) is 3.33. The first-order chi connectivity index (χ1) is 10.2. The Bertz CT molecular complexity index is 543. The number of piperidine rings is 1. The Balaban J connectivity index is 1.59. The molecule has 0 spiro atoms. The molecule has 2 aromatic heterocycles. The minimum absolute atomic E-state index is 0.431. The van der Waals surface area contributed by atoms with E-state index in [0.717, 1.165) is 18.9 Å². The fourth-order valence-electron chi connectivity index (χ4n) is 3.33. The number of H-pyrrole nitrogens is 1. The zero-order chi connectivity index (χ0) is 14.7. The van der Waals surface area contributed by atoms with Crippen LogP contribution in [0.3, 0.4) is 0 Å². The number of aromatic nitrogens is 4. The van der Waals surface area contributed by atoms with Gasteiger partial charge in [0.05, 0.1) is 5.69 Å². The summed E-state index contributed by atoms with van der Waals surface area (Å²) in [7, 11) is 0. The highest BCUT2D eigenvalue weighted by molar-refractivity contribution is 5.03. The lowest BCUT2D eigenvalue weighted by molar-refractivity contribution is 0.161. The van der Waals surface area contributed by atoms with Gasteiger partial charge < -0.3 is 0 Å². The van der Waals surface area contributed by atoms with E-state index in [1.54, 1.807) is 0 Å². The third kappa shape index (κ3) is 3.53. The second-order valence-electron chi connectivity index (χ2n) is 6.39. The van der Waals surface area contributed by atoms with Gasteiger partial charge in [-0.05, 0) is 57.7 Å². The average molecular weight is 287 g/mol. The molecular weight excluding hydrogens is 262 g/mol. The summed E-state index contributed by atoms with van der Waals surface area (Å²) < 4.78 is 2.14. The number of hydrogen-bond acceptors (Lipinski definition) is 3. The summed E-state index contributed by atoms with van der Waals surface area (Å²) in [5.74, 6) is 0.731. The zero-order valence-electron chi connectivity index (χ0n) is 13.0. The van der Waals surface area contributed by atoms with Gasteiger partial charge in [0.15, 0.2) is 0 Å². The molecule has 2 aromatic rings. The van der Waals surface area contributed by atoms with Gasteiger partial charge in [0.25, 0.3) is 0 Å². The fraction of sp³-hybridized carbons (Fsp3) is 0.625. The SMILES string of the molecule is CC(C)n1nccc1CN1CCC[C@@H](Cc2ccn[nH]2)C1. The summed E-state index contributed by atoms with van der Waals surface area (Å²) in [4.78, 5) is 2.57. The number of rotatable bonds is 5. The van der Waals surface area contributed by atoms with Crippen molar-refractivity contribution in [1.82, 2.24) is 24.9 Å². The van der Waals surface area contributed by atoms with Gasteiger partial charge in [-0.3, -0.25) is 14.7 Å². The van der Waals surface area contributed by atoms with Crippen molar-refractivity contribution in [2.24, 2.45) is 5.92 Å². The normalized spacial score (nSPS) is 20.2. The summed E-state index contributed by atoms with van der Waals surface area (Å²) in [5.41, 5.74) is 2.58. The molecule has 0 amide bonds. The van der Waals surface area contributed by atoms with Crippen LogP contribution in [0.15, 0.2) is 24.5 Å². The highest BCUT2D eigenvalue weighted by Crippen LogP contribution is 2.22. The van der Waals surface area contributed by atoms with E-state index in [-0.39, 0.29) is 0 Å². The van der Waals surface area contributed by atoms with Crippen LogP contribution in [0.1, 0.15) is 44.1 Å². The van der Waals surface area contributed by atoms with Crippen LogP contribution >= 0.6 is 0 Å². The van der Waals surface area contributed by atoms with Crippen molar-refractivity contribution in [2.75, 3.05) is 13.1 Å². The van der Waals surface area contributed by atoms with E-state index < -0.39 is 0 Å². The molecule has 5 heteroatoms. The monoisotopic (exact) mass is 287 g/mol. The van der Waals surface area contributed by atoms with Gasteiger partial charge in [-0.2, -0.15) is 10.2 Å². The summed E-state index contributed by atoms with van der Waals surface area (Å²) in [5, 5.41) is 11.6. The van der Waals surface area contributed by atoms with Crippen molar-refractivity contribution in [3.8, 4) is 0 Å². The molecule has 3 heterocycles. The maximum Gasteiger partial charge on any atom is 0.0527 e. The Morgan fingerprint density at radius 1 is 1.33 bits per heavy atom. The lowest BCUT2D eigenvalue weighted by Crippen LogP contribution is -2.36. The van der Waals surface area contributed by atoms with Gasteiger partial charge in [-0.1, -0.05) is 0 Å². The molecule has 0 bridgehead atoms. The number of likely N-dealkylation sites (tertiary alicyclic amines) is 1. The molecule has 21 heavy (non-hydrogen) atoms. The van der Waals surface area contributed by atoms with E-state index in [1.165, 1.54) is 37.3 Å². The first-order valence-corrected chi connectivity index (χ1v) is 7.95. The summed E-state index contributed by atoms with van der Waals surface area (Å²) >= 11 is 0. The van der Waals surface area contributed by atoms with Crippen LogP contribution < -0.4 is 0 Å². The maximum atomic E-state index is 4.44. The third-order valence-corrected chi connectivity index (χ3v) is 4.30. The van der Waals surface area contributed by atoms with Crippen molar-refractivity contribution in [3.05, 3.63) is 35.9 Å². The minimum atomic E-state index is 0.431. The molecule has 5 nitrogen and oxygen atoms in total. The molecule has 0 saturated carbocycles. The summed E-state index contributed by atoms with van der Waals surface area (Å²) in [6.45, 7) is 7.75. The molecule has 1 saturated heterocycles. The van der Waals surface area contributed by atoms with E-state index >= 15 is 0 Å². The van der Waals surface area contributed by atoms with Gasteiger partial charge in [0.2, 0.25) is 0 Å². The molecule has 0 aliphatic carbocycles. The highest BCUT2D eigenvalue weighted by Gasteiger charge is 2.21. The van der Waals surface area contributed by atoms with Crippen LogP contribution in [0, 0.1) is 5.92 Å². The van der Waals surface area contributed by atoms with Crippen molar-refractivity contribution in [1.29, 1.82) is 0 Å². The van der Waals surface area contributed by atoms with Gasteiger partial charge in [0.1, 0.15) is 0 Å². The van der Waals surface area contributed by atoms with Crippen LogP contribution in [0.4, 0.5) is 0 Å². The third-order valence-electron chi connectivity index (χ3n) is 4.30. The molecule has 0 aromatic carbocycles. The highest BCUT2D eigenvalue weighted by atomic mass is 15.3. The maximum absolute atomic E-state index is 4.44. The minimum Gasteiger partial charge on any atom is -0.297 e. The Labute approximate surface area is 126 Å². The van der Waals surface area contributed by atoms with E-state index in [2.05, 4.69) is 50.9 Å². The molecule has 0 unspecified atom stereocenters. The molecule has 3 rings (SSSR count).